The molecule has 1 aromatic heterocycles. The van der Waals surface area contributed by atoms with Crippen molar-refractivity contribution in [3.8, 4) is 5.75 Å². The summed E-state index contributed by atoms with van der Waals surface area (Å²) in [5.41, 5.74) is 0.860. The zero-order valence-electron chi connectivity index (χ0n) is 16.9. The van der Waals surface area contributed by atoms with E-state index in [1.165, 1.54) is 30.5 Å². The number of rotatable bonds is 6. The highest BCUT2D eigenvalue weighted by Crippen LogP contribution is 2.35. The van der Waals surface area contributed by atoms with Gasteiger partial charge in [-0.3, -0.25) is 0 Å². The molecule has 0 amide bonds. The van der Waals surface area contributed by atoms with E-state index < -0.39 is 46.6 Å². The van der Waals surface area contributed by atoms with Crippen LogP contribution >= 0.6 is 0 Å². The summed E-state index contributed by atoms with van der Waals surface area (Å²) in [5.74, 6) is -0.744. The van der Waals surface area contributed by atoms with E-state index in [4.69, 9.17) is 0 Å². The predicted octanol–water partition coefficient (Wildman–Crippen LogP) is 4.77. The van der Waals surface area contributed by atoms with E-state index >= 15 is 0 Å². The fourth-order valence-corrected chi connectivity index (χ4v) is 6.16. The summed E-state index contributed by atoms with van der Waals surface area (Å²) in [7, 11) is -9.01. The molecule has 0 bridgehead atoms. The minimum atomic E-state index is -5.10. The van der Waals surface area contributed by atoms with E-state index in [2.05, 4.69) is 9.72 Å². The van der Waals surface area contributed by atoms with Crippen LogP contribution in [0.3, 0.4) is 0 Å². The lowest BCUT2D eigenvalue weighted by atomic mass is 10.0. The zero-order chi connectivity index (χ0) is 23.7. The molecular weight excluding hydrogens is 467 g/mol. The van der Waals surface area contributed by atoms with Crippen molar-refractivity contribution in [3.63, 3.8) is 0 Å². The highest BCUT2D eigenvalue weighted by atomic mass is 32.2. The monoisotopic (exact) mass is 485 g/mol. The molecule has 1 heterocycles. The minimum absolute atomic E-state index is 0.130. The summed E-state index contributed by atoms with van der Waals surface area (Å²) in [6.07, 6.45) is -3.93. The average Bonchev–Trinajstić information content (AvgIpc) is 2.73. The van der Waals surface area contributed by atoms with Crippen LogP contribution in [0.4, 0.5) is 13.2 Å². The fraction of sp³-hybridized carbons (Fsp3) is 0.190. The Bertz CT molecular complexity index is 1320. The molecule has 6 nitrogen and oxygen atoms in total. The molecule has 0 saturated carbocycles. The summed E-state index contributed by atoms with van der Waals surface area (Å²) in [6, 6.07) is 11.8. The number of benzene rings is 2. The smallest absolute Gasteiger partial charge is 0.406 e. The molecule has 0 unspecified atom stereocenters. The Morgan fingerprint density at radius 1 is 0.844 bits per heavy atom. The third-order valence-corrected chi connectivity index (χ3v) is 8.16. The first-order chi connectivity index (χ1) is 14.8. The van der Waals surface area contributed by atoms with Crippen LogP contribution in [-0.4, -0.2) is 28.2 Å². The summed E-state index contributed by atoms with van der Waals surface area (Å²) >= 11 is 0. The number of nitrogens with zero attached hydrogens (tertiary/aromatic N) is 1. The molecule has 0 aliphatic heterocycles. The highest BCUT2D eigenvalue weighted by molar-refractivity contribution is 7.94. The molecule has 3 aromatic rings. The van der Waals surface area contributed by atoms with Crippen molar-refractivity contribution in [1.29, 1.82) is 0 Å². The average molecular weight is 486 g/mol. The van der Waals surface area contributed by atoms with Gasteiger partial charge in [0.1, 0.15) is 5.75 Å². The SMILES string of the molecule is CC(C)c1ccc(S(=O)(=O)c2ccc(OC(F)(F)F)cc2S(=O)(=O)c2ccccn2)cc1. The Labute approximate surface area is 183 Å². The van der Waals surface area contributed by atoms with Crippen molar-refractivity contribution < 1.29 is 34.7 Å². The zero-order valence-corrected chi connectivity index (χ0v) is 18.5. The number of hydrogen-bond donors (Lipinski definition) is 0. The fourth-order valence-electron chi connectivity index (χ4n) is 2.90. The lowest BCUT2D eigenvalue weighted by Crippen LogP contribution is -2.18. The predicted molar refractivity (Wildman–Crippen MR) is 109 cm³/mol. The maximum Gasteiger partial charge on any atom is 0.573 e. The van der Waals surface area contributed by atoms with E-state index in [9.17, 15) is 30.0 Å². The van der Waals surface area contributed by atoms with E-state index in [1.54, 1.807) is 12.1 Å². The summed E-state index contributed by atoms with van der Waals surface area (Å²) in [4.78, 5) is 1.95. The number of aromatic nitrogens is 1. The topological polar surface area (TPSA) is 90.4 Å². The number of alkyl halides is 3. The third-order valence-electron chi connectivity index (χ3n) is 4.50. The largest absolute Gasteiger partial charge is 0.573 e. The Morgan fingerprint density at radius 3 is 2.03 bits per heavy atom. The number of sulfone groups is 2. The second-order valence-corrected chi connectivity index (χ2v) is 10.8. The summed E-state index contributed by atoms with van der Waals surface area (Å²) in [5, 5.41) is -0.518. The standard InChI is InChI=1S/C21H18F3NO5S2/c1-14(2)15-6-9-17(10-7-15)31(26,27)18-11-8-16(30-21(22,23)24)13-19(18)32(28,29)20-5-3-4-12-25-20/h3-14H,1-2H3. The van der Waals surface area contributed by atoms with E-state index in [0.717, 1.165) is 23.8 Å². The quantitative estimate of drug-likeness (QED) is 0.500. The van der Waals surface area contributed by atoms with Crippen molar-refractivity contribution in [3.05, 3.63) is 72.4 Å². The number of hydrogen-bond acceptors (Lipinski definition) is 6. The van der Waals surface area contributed by atoms with Gasteiger partial charge < -0.3 is 4.74 Å². The summed E-state index contributed by atoms with van der Waals surface area (Å²) in [6.45, 7) is 3.83. The van der Waals surface area contributed by atoms with Gasteiger partial charge in [-0.15, -0.1) is 13.2 Å². The van der Waals surface area contributed by atoms with Crippen LogP contribution in [0.1, 0.15) is 25.3 Å². The van der Waals surface area contributed by atoms with Gasteiger partial charge in [-0.25, -0.2) is 21.8 Å². The molecule has 170 valence electrons. The normalized spacial score (nSPS) is 12.7. The van der Waals surface area contributed by atoms with Crippen molar-refractivity contribution in [2.45, 2.75) is 45.8 Å². The highest BCUT2D eigenvalue weighted by Gasteiger charge is 2.34. The number of halogens is 3. The maximum absolute atomic E-state index is 13.3. The second kappa shape index (κ2) is 8.55. The molecule has 0 atom stereocenters. The first-order valence-corrected chi connectivity index (χ1v) is 12.2. The number of pyridine rings is 1. The van der Waals surface area contributed by atoms with Crippen LogP contribution in [-0.2, 0) is 19.7 Å². The van der Waals surface area contributed by atoms with Crippen LogP contribution < -0.4 is 4.74 Å². The van der Waals surface area contributed by atoms with Crippen LogP contribution in [0.15, 0.2) is 86.6 Å². The van der Waals surface area contributed by atoms with Crippen LogP contribution in [0, 0.1) is 0 Å². The van der Waals surface area contributed by atoms with Crippen molar-refractivity contribution >= 4 is 19.7 Å². The molecular formula is C21H18F3NO5S2. The van der Waals surface area contributed by atoms with Gasteiger partial charge in [0.25, 0.3) is 0 Å². The van der Waals surface area contributed by atoms with Gasteiger partial charge in [-0.05, 0) is 47.9 Å². The molecule has 0 fully saturated rings. The lowest BCUT2D eigenvalue weighted by Gasteiger charge is -2.15. The Balaban J connectivity index is 2.23. The Hall–Kier alpha value is -2.92. The first kappa shape index (κ1) is 23.7. The van der Waals surface area contributed by atoms with E-state index in [-0.39, 0.29) is 10.8 Å². The molecule has 0 aliphatic rings. The molecule has 32 heavy (non-hydrogen) atoms. The molecule has 0 aliphatic carbocycles. The Kier molecular flexibility index (Phi) is 6.34. The molecule has 11 heteroatoms. The van der Waals surface area contributed by atoms with Crippen LogP contribution in [0.2, 0.25) is 0 Å². The van der Waals surface area contributed by atoms with Crippen molar-refractivity contribution in [2.24, 2.45) is 0 Å². The van der Waals surface area contributed by atoms with Crippen LogP contribution in [0.25, 0.3) is 0 Å². The van der Waals surface area contributed by atoms with Gasteiger partial charge in [0.05, 0.1) is 14.7 Å². The van der Waals surface area contributed by atoms with Crippen molar-refractivity contribution in [2.75, 3.05) is 0 Å². The van der Waals surface area contributed by atoms with Crippen molar-refractivity contribution in [1.82, 2.24) is 4.98 Å². The Morgan fingerprint density at radius 2 is 1.50 bits per heavy atom. The van der Waals surface area contributed by atoms with Gasteiger partial charge in [0.15, 0.2) is 5.03 Å². The van der Waals surface area contributed by atoms with E-state index in [0.29, 0.717) is 6.07 Å². The lowest BCUT2D eigenvalue weighted by molar-refractivity contribution is -0.274. The van der Waals surface area contributed by atoms with Gasteiger partial charge in [-0.1, -0.05) is 32.0 Å². The maximum atomic E-state index is 13.3. The van der Waals surface area contributed by atoms with Gasteiger partial charge in [0.2, 0.25) is 19.7 Å². The third kappa shape index (κ3) is 4.94. The van der Waals surface area contributed by atoms with E-state index in [1.807, 2.05) is 13.8 Å². The van der Waals surface area contributed by atoms with Gasteiger partial charge in [0, 0.05) is 12.3 Å². The number of ether oxygens (including phenoxy) is 1. The van der Waals surface area contributed by atoms with Crippen LogP contribution in [0.5, 0.6) is 5.75 Å². The molecule has 0 N–H and O–H groups in total. The molecule has 2 aromatic carbocycles. The van der Waals surface area contributed by atoms with Gasteiger partial charge >= 0.3 is 6.36 Å². The molecule has 0 spiro atoms. The molecule has 0 radical (unpaired) electrons. The first-order valence-electron chi connectivity index (χ1n) is 9.23. The summed E-state index contributed by atoms with van der Waals surface area (Å²) < 4.78 is 94.7. The molecule has 0 saturated heterocycles. The minimum Gasteiger partial charge on any atom is -0.406 e. The van der Waals surface area contributed by atoms with Gasteiger partial charge in [-0.2, -0.15) is 0 Å². The second-order valence-electron chi connectivity index (χ2n) is 7.05. The molecule has 3 rings (SSSR count).